The summed E-state index contributed by atoms with van der Waals surface area (Å²) < 4.78 is 15.2. The molecule has 7 heteroatoms. The topological polar surface area (TPSA) is 99.9 Å². The van der Waals surface area contributed by atoms with Crippen molar-refractivity contribution in [2.75, 3.05) is 27.3 Å². The van der Waals surface area contributed by atoms with Crippen LogP contribution < -0.4 is 25.3 Å². The van der Waals surface area contributed by atoms with Crippen LogP contribution in [0.2, 0.25) is 0 Å². The highest BCUT2D eigenvalue weighted by molar-refractivity contribution is 6.03. The lowest BCUT2D eigenvalue weighted by Crippen LogP contribution is -2.18. The number of carbonyl (C=O) groups is 2. The van der Waals surface area contributed by atoms with Crippen LogP contribution in [-0.2, 0) is 0 Å². The summed E-state index contributed by atoms with van der Waals surface area (Å²) in [6, 6.07) is 2.97. The van der Waals surface area contributed by atoms with Gasteiger partial charge < -0.3 is 25.3 Å². The minimum Gasteiger partial charge on any atom is -0.493 e. The molecule has 1 heterocycles. The molecule has 22 heavy (non-hydrogen) atoms. The van der Waals surface area contributed by atoms with Gasteiger partial charge in [-0.1, -0.05) is 0 Å². The zero-order valence-electron chi connectivity index (χ0n) is 12.5. The molecule has 119 valence electrons. The average molecular weight is 307 g/mol. The fourth-order valence-electron chi connectivity index (χ4n) is 2.39. The number of benzene rings is 1. The highest BCUT2D eigenvalue weighted by Crippen LogP contribution is 2.39. The molecule has 2 rings (SSSR count). The van der Waals surface area contributed by atoms with E-state index in [1.54, 1.807) is 12.5 Å². The molecule has 1 aliphatic rings. The number of hydrogen-bond acceptors (Lipinski definition) is 6. The number of ketones is 1. The number of methoxy groups -OCH3 is 2. The molecule has 0 spiro atoms. The van der Waals surface area contributed by atoms with Gasteiger partial charge in [-0.25, -0.2) is 4.79 Å². The van der Waals surface area contributed by atoms with E-state index in [4.69, 9.17) is 19.9 Å². The second kappa shape index (κ2) is 7.13. The molecule has 7 nitrogen and oxygen atoms in total. The average Bonchev–Trinajstić information content (AvgIpc) is 2.98. The number of Topliss-reactive ketones (excluding diaryl/α,β-unsaturated/α-hetero) is 1. The Bertz CT molecular complexity index is 567. The molecule has 1 saturated heterocycles. The first-order chi connectivity index (χ1) is 10.5. The van der Waals surface area contributed by atoms with Gasteiger partial charge in [-0.05, 0) is 37.6 Å². The number of nitrogens with two attached hydrogens (primary N) is 1. The van der Waals surface area contributed by atoms with Crippen molar-refractivity contribution < 1.29 is 23.8 Å². The molecule has 0 aromatic heterocycles. The van der Waals surface area contributed by atoms with E-state index in [0.717, 1.165) is 19.5 Å². The molecule has 0 bridgehead atoms. The van der Waals surface area contributed by atoms with Crippen molar-refractivity contribution in [3.8, 4) is 17.2 Å². The first kappa shape index (κ1) is 16.1. The third-order valence-electron chi connectivity index (χ3n) is 3.43. The summed E-state index contributed by atoms with van der Waals surface area (Å²) in [4.78, 5) is 23.4. The van der Waals surface area contributed by atoms with Crippen LogP contribution in [0.25, 0.3) is 0 Å². The lowest BCUT2D eigenvalue weighted by Gasteiger charge is -2.14. The summed E-state index contributed by atoms with van der Waals surface area (Å²) in [7, 11) is 2.84. The molecular weight excluding hydrogens is 288 g/mol. The van der Waals surface area contributed by atoms with Gasteiger partial charge in [0, 0.05) is 12.0 Å². The van der Waals surface area contributed by atoms with E-state index in [1.807, 2.05) is 0 Å². The van der Waals surface area contributed by atoms with Gasteiger partial charge in [0.1, 0.15) is 0 Å². The van der Waals surface area contributed by atoms with E-state index in [-0.39, 0.29) is 23.2 Å². The number of carbonyl (C=O) groups excluding carboxylic acids is 2. The highest BCUT2D eigenvalue weighted by atomic mass is 16.6. The third kappa shape index (κ3) is 3.67. The summed E-state index contributed by atoms with van der Waals surface area (Å²) in [5.41, 5.74) is 5.39. The zero-order chi connectivity index (χ0) is 16.1. The molecule has 1 amide bonds. The van der Waals surface area contributed by atoms with Crippen molar-refractivity contribution >= 4 is 11.9 Å². The van der Waals surface area contributed by atoms with Crippen molar-refractivity contribution in [3.05, 3.63) is 24.1 Å². The molecule has 1 unspecified atom stereocenters. The molecule has 1 atom stereocenters. The summed E-state index contributed by atoms with van der Waals surface area (Å²) in [6.45, 7) is 1.68. The molecule has 1 radical (unpaired) electrons. The van der Waals surface area contributed by atoms with Gasteiger partial charge in [0.2, 0.25) is 5.75 Å². The van der Waals surface area contributed by atoms with E-state index in [9.17, 15) is 9.59 Å². The Morgan fingerprint density at radius 3 is 2.55 bits per heavy atom. The standard InChI is InChI=1S/C15H19N2O5/c1-20-12-6-10(11(18)5-9-3-4-17-8-9)7-13(14(12)21-2)22-15(16)19/h5-7,9,17H,3-4,8H2,1-2H3,(H2,16,19). The first-order valence-electron chi connectivity index (χ1n) is 6.88. The molecule has 0 saturated carbocycles. The third-order valence-corrected chi connectivity index (χ3v) is 3.43. The number of hydrogen-bond donors (Lipinski definition) is 2. The van der Waals surface area contributed by atoms with Gasteiger partial charge >= 0.3 is 6.09 Å². The number of rotatable bonds is 6. The maximum atomic E-state index is 12.4. The van der Waals surface area contributed by atoms with Crippen LogP contribution in [-0.4, -0.2) is 39.2 Å². The quantitative estimate of drug-likeness (QED) is 0.765. The van der Waals surface area contributed by atoms with Gasteiger partial charge in [0.05, 0.1) is 14.2 Å². The predicted octanol–water partition coefficient (Wildman–Crippen LogP) is 1.16. The molecule has 0 aliphatic carbocycles. The van der Waals surface area contributed by atoms with Crippen LogP contribution in [0.15, 0.2) is 12.1 Å². The normalized spacial score (nSPS) is 17.1. The van der Waals surface area contributed by atoms with Crippen molar-refractivity contribution in [1.82, 2.24) is 5.32 Å². The Morgan fingerprint density at radius 2 is 2.00 bits per heavy atom. The minimum atomic E-state index is -0.992. The molecule has 1 aromatic rings. The molecule has 1 fully saturated rings. The lowest BCUT2D eigenvalue weighted by molar-refractivity contribution is 0.101. The molecule has 1 aromatic carbocycles. The number of primary amides is 1. The second-order valence-electron chi connectivity index (χ2n) is 4.91. The smallest absolute Gasteiger partial charge is 0.410 e. The van der Waals surface area contributed by atoms with Gasteiger partial charge in [-0.3, -0.25) is 4.79 Å². The van der Waals surface area contributed by atoms with E-state index in [1.165, 1.54) is 20.3 Å². The molecular formula is C15H19N2O5. The van der Waals surface area contributed by atoms with Crippen LogP contribution in [0.4, 0.5) is 4.79 Å². The van der Waals surface area contributed by atoms with E-state index in [0.29, 0.717) is 11.3 Å². The number of nitrogens with one attached hydrogen (secondary N) is 1. The van der Waals surface area contributed by atoms with Crippen LogP contribution in [0.1, 0.15) is 16.8 Å². The number of amides is 1. The van der Waals surface area contributed by atoms with Crippen molar-refractivity contribution in [2.24, 2.45) is 11.7 Å². The fourth-order valence-corrected chi connectivity index (χ4v) is 2.39. The fraction of sp³-hybridized carbons (Fsp3) is 0.400. The second-order valence-corrected chi connectivity index (χ2v) is 4.91. The van der Waals surface area contributed by atoms with Crippen molar-refractivity contribution in [1.29, 1.82) is 0 Å². The Morgan fingerprint density at radius 1 is 1.27 bits per heavy atom. The van der Waals surface area contributed by atoms with E-state index < -0.39 is 6.09 Å². The largest absolute Gasteiger partial charge is 0.493 e. The Balaban J connectivity index is 2.29. The van der Waals surface area contributed by atoms with Crippen molar-refractivity contribution in [2.45, 2.75) is 6.42 Å². The summed E-state index contributed by atoms with van der Waals surface area (Å²) in [5, 5.41) is 3.19. The lowest BCUT2D eigenvalue weighted by atomic mass is 9.97. The van der Waals surface area contributed by atoms with E-state index in [2.05, 4.69) is 5.32 Å². The van der Waals surface area contributed by atoms with Gasteiger partial charge in [0.25, 0.3) is 0 Å². The zero-order valence-corrected chi connectivity index (χ0v) is 12.5. The van der Waals surface area contributed by atoms with Gasteiger partial charge in [-0.2, -0.15) is 0 Å². The summed E-state index contributed by atoms with van der Waals surface area (Å²) >= 11 is 0. The minimum absolute atomic E-state index is 0.0515. The van der Waals surface area contributed by atoms with Crippen LogP contribution >= 0.6 is 0 Å². The molecule has 3 N–H and O–H groups in total. The van der Waals surface area contributed by atoms with Crippen molar-refractivity contribution in [3.63, 3.8) is 0 Å². The predicted molar refractivity (Wildman–Crippen MR) is 79.4 cm³/mol. The van der Waals surface area contributed by atoms with Crippen LogP contribution in [0, 0.1) is 12.3 Å². The highest BCUT2D eigenvalue weighted by Gasteiger charge is 2.23. The Kier molecular flexibility index (Phi) is 5.21. The van der Waals surface area contributed by atoms with E-state index >= 15 is 0 Å². The van der Waals surface area contributed by atoms with Crippen LogP contribution in [0.3, 0.4) is 0 Å². The maximum absolute atomic E-state index is 12.4. The Hall–Kier alpha value is -2.28. The summed E-state index contributed by atoms with van der Waals surface area (Å²) in [6.07, 6.45) is 1.59. The molecule has 1 aliphatic heterocycles. The maximum Gasteiger partial charge on any atom is 0.410 e. The summed E-state index contributed by atoms with van der Waals surface area (Å²) in [5.74, 6) is 0.587. The number of ether oxygens (including phenoxy) is 3. The van der Waals surface area contributed by atoms with Crippen LogP contribution in [0.5, 0.6) is 17.2 Å². The van der Waals surface area contributed by atoms with Gasteiger partial charge in [0.15, 0.2) is 17.3 Å². The van der Waals surface area contributed by atoms with Gasteiger partial charge in [-0.15, -0.1) is 0 Å². The Labute approximate surface area is 128 Å². The SMILES string of the molecule is COc1cc(C(=O)[CH]C2CCNC2)cc(OC(N)=O)c1OC. The first-order valence-corrected chi connectivity index (χ1v) is 6.88. The monoisotopic (exact) mass is 307 g/mol.